The number of hydrogen-bond acceptors (Lipinski definition) is 6. The smallest absolute Gasteiger partial charge is 0.306 e. The highest BCUT2D eigenvalue weighted by Crippen LogP contribution is 2.12. The minimum atomic E-state index is -0.827. The van der Waals surface area contributed by atoms with Crippen molar-refractivity contribution in [2.75, 3.05) is 13.2 Å². The lowest BCUT2D eigenvalue weighted by Gasteiger charge is -2.18. The molecule has 0 aromatic rings. The van der Waals surface area contributed by atoms with Crippen molar-refractivity contribution in [3.8, 4) is 0 Å². The van der Waals surface area contributed by atoms with Gasteiger partial charge in [0, 0.05) is 19.3 Å². The molecule has 0 spiro atoms. The van der Waals surface area contributed by atoms with Crippen LogP contribution in [-0.4, -0.2) is 37.2 Å². The summed E-state index contributed by atoms with van der Waals surface area (Å²) in [6, 6.07) is 0. The van der Waals surface area contributed by atoms with Crippen molar-refractivity contribution >= 4 is 17.9 Å². The van der Waals surface area contributed by atoms with Crippen molar-refractivity contribution < 1.29 is 28.6 Å². The van der Waals surface area contributed by atoms with Crippen LogP contribution in [0.1, 0.15) is 239 Å². The van der Waals surface area contributed by atoms with Crippen LogP contribution in [0.5, 0.6) is 0 Å². The average molecular weight is 1110 g/mol. The molecule has 0 saturated heterocycles. The number of esters is 3. The van der Waals surface area contributed by atoms with E-state index in [0.717, 1.165) is 186 Å². The molecule has 0 aliphatic carbocycles. The van der Waals surface area contributed by atoms with E-state index in [-0.39, 0.29) is 44.0 Å². The molecule has 0 heterocycles. The Hall–Kier alpha value is -5.75. The Morgan fingerprint density at radius 1 is 0.259 bits per heavy atom. The molecule has 0 aliphatic heterocycles. The van der Waals surface area contributed by atoms with Crippen molar-refractivity contribution in [1.82, 2.24) is 0 Å². The van der Waals surface area contributed by atoms with E-state index in [0.29, 0.717) is 12.8 Å². The first-order chi connectivity index (χ1) is 40.0. The summed E-state index contributed by atoms with van der Waals surface area (Å²) in [7, 11) is 0. The molecule has 450 valence electrons. The van der Waals surface area contributed by atoms with Crippen LogP contribution >= 0.6 is 0 Å². The molecule has 6 heteroatoms. The first-order valence-electron chi connectivity index (χ1n) is 31.9. The summed E-state index contributed by atoms with van der Waals surface area (Å²) >= 11 is 0. The third kappa shape index (κ3) is 64.9. The molecule has 1 atom stereocenters. The number of carbonyl (C=O) groups excluding carboxylic acids is 3. The van der Waals surface area contributed by atoms with E-state index in [9.17, 15) is 14.4 Å². The summed E-state index contributed by atoms with van der Waals surface area (Å²) in [5.41, 5.74) is 0. The maximum absolute atomic E-state index is 12.9. The van der Waals surface area contributed by atoms with Gasteiger partial charge >= 0.3 is 17.9 Å². The van der Waals surface area contributed by atoms with Crippen LogP contribution in [-0.2, 0) is 28.6 Å². The zero-order chi connectivity index (χ0) is 58.5. The normalized spacial score (nSPS) is 13.5. The number of unbranched alkanes of at least 4 members (excludes halogenated alkanes) is 12. The molecule has 0 aromatic heterocycles. The molecule has 0 aliphatic rings. The molecule has 0 amide bonds. The fourth-order valence-corrected chi connectivity index (χ4v) is 7.85. The van der Waals surface area contributed by atoms with Gasteiger partial charge in [-0.25, -0.2) is 0 Å². The molecule has 0 radical (unpaired) electrons. The van der Waals surface area contributed by atoms with Gasteiger partial charge in [0.1, 0.15) is 13.2 Å². The molecule has 1 unspecified atom stereocenters. The van der Waals surface area contributed by atoms with E-state index < -0.39 is 6.10 Å². The highest BCUT2D eigenvalue weighted by atomic mass is 16.6. The standard InChI is InChI=1S/C75H114O6/c1-4-7-10-13-16-19-22-25-27-29-30-31-32-33-34-35-36-37-38-39-40-41-42-43-44-46-47-50-53-56-59-62-65-68-74(77)80-71-72(70-79-73(76)67-64-61-58-55-52-49-24-21-18-15-12-9-6-3)81-75(78)69-66-63-60-57-54-51-48-45-28-26-23-20-17-14-11-8-5-2/h7-8,10-12,15-17,19-21,24-28,30-31,33-34,36-37,39-40,42-43,46-48,51,53,56,72H,4-6,9,13-14,18,22-23,29,32,35,38,41,44-45,49-50,52,54-55,57-71H2,1-3H3/b10-7-,11-8-,15-12-,19-16-,20-17-,24-21-,27-25-,28-26-,31-30-,34-33-,37-36-,40-39-,43-42-,47-46-,51-48-,56-53-. The van der Waals surface area contributed by atoms with Gasteiger partial charge < -0.3 is 14.2 Å². The Morgan fingerprint density at radius 3 is 0.778 bits per heavy atom. The number of ether oxygens (including phenoxy) is 3. The lowest BCUT2D eigenvalue weighted by atomic mass is 10.1. The largest absolute Gasteiger partial charge is 0.462 e. The van der Waals surface area contributed by atoms with Crippen LogP contribution in [0, 0.1) is 0 Å². The molecular weight excluding hydrogens is 997 g/mol. The number of carbonyl (C=O) groups is 3. The minimum Gasteiger partial charge on any atom is -0.462 e. The van der Waals surface area contributed by atoms with Crippen LogP contribution in [0.15, 0.2) is 194 Å². The second kappa shape index (κ2) is 66.8. The first kappa shape index (κ1) is 75.2. The second-order valence-corrected chi connectivity index (χ2v) is 20.2. The molecule has 0 fully saturated rings. The first-order valence-corrected chi connectivity index (χ1v) is 31.9. The van der Waals surface area contributed by atoms with Crippen LogP contribution < -0.4 is 0 Å². The van der Waals surface area contributed by atoms with Crippen LogP contribution in [0.2, 0.25) is 0 Å². The summed E-state index contributed by atoms with van der Waals surface area (Å²) in [5.74, 6) is -1.01. The molecular formula is C75H114O6. The fraction of sp³-hybridized carbons (Fsp3) is 0.533. The van der Waals surface area contributed by atoms with E-state index in [4.69, 9.17) is 14.2 Å². The molecule has 6 nitrogen and oxygen atoms in total. The summed E-state index contributed by atoms with van der Waals surface area (Å²) in [6.07, 6.45) is 102. The molecule has 81 heavy (non-hydrogen) atoms. The Kier molecular flexibility index (Phi) is 62.0. The monoisotopic (exact) mass is 1110 g/mol. The van der Waals surface area contributed by atoms with Gasteiger partial charge in [-0.15, -0.1) is 0 Å². The zero-order valence-electron chi connectivity index (χ0n) is 51.5. The van der Waals surface area contributed by atoms with Crippen molar-refractivity contribution in [3.05, 3.63) is 194 Å². The van der Waals surface area contributed by atoms with Crippen molar-refractivity contribution in [3.63, 3.8) is 0 Å². The quantitative estimate of drug-likeness (QED) is 0.0261. The van der Waals surface area contributed by atoms with E-state index in [1.165, 1.54) is 6.42 Å². The predicted molar refractivity (Wildman–Crippen MR) is 352 cm³/mol. The highest BCUT2D eigenvalue weighted by molar-refractivity contribution is 5.71. The molecule has 0 rings (SSSR count). The second-order valence-electron chi connectivity index (χ2n) is 20.2. The lowest BCUT2D eigenvalue weighted by molar-refractivity contribution is -0.167. The van der Waals surface area contributed by atoms with Crippen LogP contribution in [0.25, 0.3) is 0 Å². The van der Waals surface area contributed by atoms with E-state index in [2.05, 4.69) is 215 Å². The van der Waals surface area contributed by atoms with Crippen molar-refractivity contribution in [2.24, 2.45) is 0 Å². The summed E-state index contributed by atoms with van der Waals surface area (Å²) in [5, 5.41) is 0. The van der Waals surface area contributed by atoms with Gasteiger partial charge in [-0.05, 0) is 161 Å². The van der Waals surface area contributed by atoms with Gasteiger partial charge in [-0.2, -0.15) is 0 Å². The van der Waals surface area contributed by atoms with Gasteiger partial charge in [-0.1, -0.05) is 254 Å². The molecule has 0 aromatic carbocycles. The molecule has 0 bridgehead atoms. The zero-order valence-corrected chi connectivity index (χ0v) is 51.5. The van der Waals surface area contributed by atoms with Crippen molar-refractivity contribution in [1.29, 1.82) is 0 Å². The Labute approximate surface area is 497 Å². The van der Waals surface area contributed by atoms with Gasteiger partial charge in [0.15, 0.2) is 6.10 Å². The summed E-state index contributed by atoms with van der Waals surface area (Å²) in [6.45, 7) is 6.26. The fourth-order valence-electron chi connectivity index (χ4n) is 7.85. The number of hydrogen-bond donors (Lipinski definition) is 0. The van der Waals surface area contributed by atoms with E-state index in [1.807, 2.05) is 0 Å². The SMILES string of the molecule is CC/C=C\C/C=C\C/C=C\C/C=C\C/C=C\C/C=C\C/C=C\C/C=C\C/C=C\C/C=C\CCCCC(=O)OCC(COC(=O)CCCCCCC/C=C\C/C=C\CCC)OC(=O)CCCCCC/C=C\C/C=C\C/C=C\C/C=C\CC. The summed E-state index contributed by atoms with van der Waals surface area (Å²) in [4.78, 5) is 38.2. The van der Waals surface area contributed by atoms with Crippen LogP contribution in [0.3, 0.4) is 0 Å². The predicted octanol–water partition coefficient (Wildman–Crippen LogP) is 22.2. The van der Waals surface area contributed by atoms with Crippen molar-refractivity contribution in [2.45, 2.75) is 245 Å². The van der Waals surface area contributed by atoms with Crippen LogP contribution in [0.4, 0.5) is 0 Å². The van der Waals surface area contributed by atoms with Gasteiger partial charge in [0.25, 0.3) is 0 Å². The Balaban J connectivity index is 4.45. The minimum absolute atomic E-state index is 0.119. The Bertz CT molecular complexity index is 1950. The Morgan fingerprint density at radius 2 is 0.481 bits per heavy atom. The third-order valence-electron chi connectivity index (χ3n) is 12.5. The maximum Gasteiger partial charge on any atom is 0.306 e. The maximum atomic E-state index is 12.9. The van der Waals surface area contributed by atoms with Gasteiger partial charge in [0.2, 0.25) is 0 Å². The number of rotatable bonds is 55. The van der Waals surface area contributed by atoms with E-state index in [1.54, 1.807) is 0 Å². The van der Waals surface area contributed by atoms with E-state index >= 15 is 0 Å². The summed E-state index contributed by atoms with van der Waals surface area (Å²) < 4.78 is 16.8. The number of allylic oxidation sites excluding steroid dienone is 32. The average Bonchev–Trinajstić information content (AvgIpc) is 3.46. The molecule has 0 saturated carbocycles. The van der Waals surface area contributed by atoms with Gasteiger partial charge in [-0.3, -0.25) is 14.4 Å². The lowest BCUT2D eigenvalue weighted by Crippen LogP contribution is -2.30. The third-order valence-corrected chi connectivity index (χ3v) is 12.5. The topological polar surface area (TPSA) is 78.9 Å². The van der Waals surface area contributed by atoms with Gasteiger partial charge in [0.05, 0.1) is 0 Å². The molecule has 0 N–H and O–H groups in total. The highest BCUT2D eigenvalue weighted by Gasteiger charge is 2.19.